The van der Waals surface area contributed by atoms with Gasteiger partial charge in [0, 0.05) is 42.4 Å². The Bertz CT molecular complexity index is 871. The summed E-state index contributed by atoms with van der Waals surface area (Å²) in [5, 5.41) is 32.4. The van der Waals surface area contributed by atoms with Crippen molar-refractivity contribution in [3.05, 3.63) is 41.1 Å². The number of aromatic amines is 1. The van der Waals surface area contributed by atoms with Crippen LogP contribution in [0, 0.1) is 11.8 Å². The molecular formula is C19H22N2O3. The highest BCUT2D eigenvalue weighted by Gasteiger charge is 2.59. The molecule has 0 radical (unpaired) electrons. The number of allylic oxidation sites excluding steroid dienone is 1. The van der Waals surface area contributed by atoms with E-state index < -0.39 is 5.72 Å². The summed E-state index contributed by atoms with van der Waals surface area (Å²) in [6, 6.07) is 5.44. The summed E-state index contributed by atoms with van der Waals surface area (Å²) in [6.45, 7) is 2.95. The molecule has 4 bridgehead atoms. The van der Waals surface area contributed by atoms with E-state index in [-0.39, 0.29) is 30.2 Å². The number of fused-ring (bicyclic) bond motifs is 4. The van der Waals surface area contributed by atoms with Crippen LogP contribution in [0.4, 0.5) is 0 Å². The summed E-state index contributed by atoms with van der Waals surface area (Å²) in [5.41, 5.74) is 3.23. The highest BCUT2D eigenvalue weighted by molar-refractivity contribution is 5.86. The lowest BCUT2D eigenvalue weighted by atomic mass is 9.63. The molecule has 4 aliphatic heterocycles. The number of H-pyrrole nitrogens is 1. The molecule has 4 aliphatic rings. The average molecular weight is 326 g/mol. The molecule has 5 atom stereocenters. The molecule has 3 fully saturated rings. The van der Waals surface area contributed by atoms with Gasteiger partial charge >= 0.3 is 0 Å². The number of nitrogens with one attached hydrogen (secondary N) is 1. The molecule has 24 heavy (non-hydrogen) atoms. The van der Waals surface area contributed by atoms with Gasteiger partial charge in [0.2, 0.25) is 0 Å². The number of aromatic hydroxyl groups is 1. The van der Waals surface area contributed by atoms with Crippen molar-refractivity contribution >= 4 is 10.9 Å². The first-order chi connectivity index (χ1) is 11.6. The van der Waals surface area contributed by atoms with E-state index in [2.05, 4.69) is 16.0 Å². The molecule has 5 heterocycles. The standard InChI is InChI=1S/C19H22N2O3/c1-2-10-8-21-17-6-13-12-5-11(23)3-4-16(12)20-18(13)19(21,24)7-14(10)15(17)9-22/h2-5,14-15,17,20,22-24H,6-9H2,1H3/b10-2-. The van der Waals surface area contributed by atoms with Crippen molar-refractivity contribution in [1.29, 1.82) is 0 Å². The molecule has 5 unspecified atom stereocenters. The first-order valence-electron chi connectivity index (χ1n) is 8.66. The van der Waals surface area contributed by atoms with Crippen molar-refractivity contribution in [3.63, 3.8) is 0 Å². The monoisotopic (exact) mass is 326 g/mol. The van der Waals surface area contributed by atoms with Gasteiger partial charge in [0.1, 0.15) is 5.75 Å². The summed E-state index contributed by atoms with van der Waals surface area (Å²) in [6.07, 6.45) is 3.54. The molecule has 126 valence electrons. The van der Waals surface area contributed by atoms with Gasteiger partial charge < -0.3 is 20.3 Å². The average Bonchev–Trinajstić information content (AvgIpc) is 2.93. The van der Waals surface area contributed by atoms with Crippen LogP contribution < -0.4 is 0 Å². The van der Waals surface area contributed by atoms with Gasteiger partial charge in [-0.05, 0) is 43.0 Å². The number of nitrogens with zero attached hydrogens (tertiary/aromatic N) is 1. The molecule has 1 aromatic carbocycles. The van der Waals surface area contributed by atoms with Gasteiger partial charge in [0.05, 0.1) is 5.69 Å². The zero-order valence-corrected chi connectivity index (χ0v) is 13.7. The second-order valence-corrected chi connectivity index (χ2v) is 7.45. The summed E-state index contributed by atoms with van der Waals surface area (Å²) < 4.78 is 0. The van der Waals surface area contributed by atoms with Crippen molar-refractivity contribution in [1.82, 2.24) is 9.88 Å². The SMILES string of the molecule is C/C=C1/CN2C3Cc4c([nH]c5ccc(O)cc45)C2(O)CC1C3CO. The third-order valence-electron chi connectivity index (χ3n) is 6.51. The van der Waals surface area contributed by atoms with E-state index in [0.717, 1.165) is 35.1 Å². The van der Waals surface area contributed by atoms with Crippen LogP contribution in [0.5, 0.6) is 5.75 Å². The maximum Gasteiger partial charge on any atom is 0.160 e. The molecule has 2 aromatic rings. The lowest BCUT2D eigenvalue weighted by molar-refractivity contribution is -0.221. The van der Waals surface area contributed by atoms with E-state index in [4.69, 9.17) is 0 Å². The zero-order chi connectivity index (χ0) is 16.6. The fourth-order valence-corrected chi connectivity index (χ4v) is 5.38. The molecular weight excluding hydrogens is 304 g/mol. The topological polar surface area (TPSA) is 79.7 Å². The Morgan fingerprint density at radius 1 is 1.42 bits per heavy atom. The number of aliphatic hydroxyl groups excluding tert-OH is 1. The number of aliphatic hydroxyl groups is 2. The number of rotatable bonds is 1. The Balaban J connectivity index is 1.74. The Hall–Kier alpha value is -1.82. The van der Waals surface area contributed by atoms with Crippen LogP contribution >= 0.6 is 0 Å². The Labute approximate surface area is 140 Å². The van der Waals surface area contributed by atoms with Crippen LogP contribution in [0.25, 0.3) is 10.9 Å². The molecule has 5 heteroatoms. The van der Waals surface area contributed by atoms with Crippen molar-refractivity contribution in [2.45, 2.75) is 31.5 Å². The van der Waals surface area contributed by atoms with E-state index in [0.29, 0.717) is 6.42 Å². The quantitative estimate of drug-likeness (QED) is 0.603. The third-order valence-corrected chi connectivity index (χ3v) is 6.51. The highest BCUT2D eigenvalue weighted by atomic mass is 16.3. The van der Waals surface area contributed by atoms with Crippen LogP contribution in [0.2, 0.25) is 0 Å². The largest absolute Gasteiger partial charge is 0.508 e. The van der Waals surface area contributed by atoms with Crippen LogP contribution in [0.15, 0.2) is 29.8 Å². The number of benzene rings is 1. The summed E-state index contributed by atoms with van der Waals surface area (Å²) in [5.74, 6) is 0.623. The predicted octanol–water partition coefficient (Wildman–Crippen LogP) is 1.83. The summed E-state index contributed by atoms with van der Waals surface area (Å²) >= 11 is 0. The van der Waals surface area contributed by atoms with E-state index in [1.165, 1.54) is 5.57 Å². The van der Waals surface area contributed by atoms with Crippen molar-refractivity contribution in [3.8, 4) is 5.75 Å². The van der Waals surface area contributed by atoms with Crippen molar-refractivity contribution in [2.75, 3.05) is 13.2 Å². The number of hydrogen-bond acceptors (Lipinski definition) is 4. The number of aromatic nitrogens is 1. The Morgan fingerprint density at radius 3 is 3.00 bits per heavy atom. The Morgan fingerprint density at radius 2 is 2.25 bits per heavy atom. The second kappa shape index (κ2) is 4.63. The second-order valence-electron chi connectivity index (χ2n) is 7.45. The molecule has 0 saturated carbocycles. The molecule has 4 N–H and O–H groups in total. The van der Waals surface area contributed by atoms with E-state index in [1.807, 2.05) is 13.0 Å². The maximum absolute atomic E-state index is 11.6. The molecule has 5 nitrogen and oxygen atoms in total. The van der Waals surface area contributed by atoms with E-state index >= 15 is 0 Å². The van der Waals surface area contributed by atoms with E-state index in [9.17, 15) is 15.3 Å². The van der Waals surface area contributed by atoms with Crippen LogP contribution in [-0.2, 0) is 12.1 Å². The summed E-state index contributed by atoms with van der Waals surface area (Å²) in [7, 11) is 0. The van der Waals surface area contributed by atoms with Crippen LogP contribution in [0.1, 0.15) is 24.6 Å². The number of hydrogen-bond donors (Lipinski definition) is 4. The smallest absolute Gasteiger partial charge is 0.160 e. The van der Waals surface area contributed by atoms with Gasteiger partial charge in [0.15, 0.2) is 5.72 Å². The molecule has 1 aromatic heterocycles. The van der Waals surface area contributed by atoms with Gasteiger partial charge in [-0.15, -0.1) is 0 Å². The van der Waals surface area contributed by atoms with Gasteiger partial charge in [-0.1, -0.05) is 11.6 Å². The normalized spacial score (nSPS) is 38.7. The van der Waals surface area contributed by atoms with E-state index in [1.54, 1.807) is 12.1 Å². The number of piperidine rings is 3. The third kappa shape index (κ3) is 1.60. The predicted molar refractivity (Wildman–Crippen MR) is 90.5 cm³/mol. The van der Waals surface area contributed by atoms with Crippen LogP contribution in [0.3, 0.4) is 0 Å². The first-order valence-corrected chi connectivity index (χ1v) is 8.66. The fourth-order valence-electron chi connectivity index (χ4n) is 5.38. The first kappa shape index (κ1) is 14.5. The van der Waals surface area contributed by atoms with Gasteiger partial charge in [-0.3, -0.25) is 4.90 Å². The van der Waals surface area contributed by atoms with Crippen LogP contribution in [-0.4, -0.2) is 44.4 Å². The molecule has 0 spiro atoms. The van der Waals surface area contributed by atoms with Gasteiger partial charge in [0.25, 0.3) is 0 Å². The Kier molecular flexibility index (Phi) is 2.80. The van der Waals surface area contributed by atoms with Crippen molar-refractivity contribution < 1.29 is 15.3 Å². The summed E-state index contributed by atoms with van der Waals surface area (Å²) in [4.78, 5) is 5.57. The number of phenolic OH excluding ortho intramolecular Hbond substituents is 1. The number of phenols is 1. The highest BCUT2D eigenvalue weighted by Crippen LogP contribution is 2.56. The fraction of sp³-hybridized carbons (Fsp3) is 0.474. The maximum atomic E-state index is 11.6. The molecule has 6 rings (SSSR count). The molecule has 0 amide bonds. The zero-order valence-electron chi connectivity index (χ0n) is 13.7. The van der Waals surface area contributed by atoms with Gasteiger partial charge in [-0.2, -0.15) is 0 Å². The molecule has 3 saturated heterocycles. The minimum Gasteiger partial charge on any atom is -0.508 e. The minimum atomic E-state index is -1.00. The minimum absolute atomic E-state index is 0.135. The lowest BCUT2D eigenvalue weighted by Gasteiger charge is -2.61. The lowest BCUT2D eigenvalue weighted by Crippen LogP contribution is -2.69. The van der Waals surface area contributed by atoms with Crippen molar-refractivity contribution in [2.24, 2.45) is 11.8 Å². The molecule has 0 aliphatic carbocycles. The van der Waals surface area contributed by atoms with Gasteiger partial charge in [-0.25, -0.2) is 0 Å².